The Morgan fingerprint density at radius 3 is 2.52 bits per heavy atom. The van der Waals surface area contributed by atoms with Gasteiger partial charge >= 0.3 is 0 Å². The maximum atomic E-state index is 12.4. The molecule has 0 radical (unpaired) electrons. The summed E-state index contributed by atoms with van der Waals surface area (Å²) in [6, 6.07) is 8.79. The van der Waals surface area contributed by atoms with E-state index in [0.29, 0.717) is 12.5 Å². The second kappa shape index (κ2) is 8.32. The lowest BCUT2D eigenvalue weighted by molar-refractivity contribution is -0.121. The Kier molecular flexibility index (Phi) is 5.90. The first-order valence-electron chi connectivity index (χ1n) is 9.51. The molecule has 1 fully saturated rings. The van der Waals surface area contributed by atoms with E-state index in [1.807, 2.05) is 17.9 Å². The quantitative estimate of drug-likeness (QED) is 0.831. The highest BCUT2D eigenvalue weighted by molar-refractivity contribution is 5.77. The molecule has 3 rings (SSSR count). The Bertz CT molecular complexity index is 694. The molecule has 0 bridgehead atoms. The Balaban J connectivity index is 1.61. The molecule has 1 N–H and O–H groups in total. The molecule has 4 nitrogen and oxygen atoms in total. The van der Waals surface area contributed by atoms with Crippen LogP contribution in [0.4, 0.5) is 0 Å². The standard InChI is InChI=1S/C21H29N3O/c1-16-9-11-17(12-10-16)21-18(15-24(2)23-21)13-14-20(25)22-19-7-5-3-4-6-8-19/h9-12,15,19H,3-8,13-14H2,1-2H3,(H,22,25). The van der Waals surface area contributed by atoms with Crippen LogP contribution in [0.15, 0.2) is 30.5 Å². The zero-order valence-electron chi connectivity index (χ0n) is 15.4. The first-order valence-corrected chi connectivity index (χ1v) is 9.51. The van der Waals surface area contributed by atoms with E-state index >= 15 is 0 Å². The van der Waals surface area contributed by atoms with Gasteiger partial charge in [0.1, 0.15) is 0 Å². The van der Waals surface area contributed by atoms with E-state index in [-0.39, 0.29) is 5.91 Å². The van der Waals surface area contributed by atoms with Gasteiger partial charge in [0.05, 0.1) is 5.69 Å². The third kappa shape index (κ3) is 4.94. The van der Waals surface area contributed by atoms with E-state index in [1.54, 1.807) is 0 Å². The molecule has 0 spiro atoms. The second-order valence-electron chi connectivity index (χ2n) is 7.30. The zero-order chi connectivity index (χ0) is 17.6. The van der Waals surface area contributed by atoms with E-state index in [0.717, 1.165) is 36.1 Å². The number of nitrogens with one attached hydrogen (secondary N) is 1. The van der Waals surface area contributed by atoms with Gasteiger partial charge in [-0.25, -0.2) is 0 Å². The molecule has 1 saturated carbocycles. The number of nitrogens with zero attached hydrogens (tertiary/aromatic N) is 2. The van der Waals surface area contributed by atoms with Gasteiger partial charge in [0.2, 0.25) is 5.91 Å². The van der Waals surface area contributed by atoms with E-state index in [1.165, 1.54) is 31.2 Å². The molecule has 1 aliphatic carbocycles. The molecule has 0 atom stereocenters. The van der Waals surface area contributed by atoms with Gasteiger partial charge in [0.15, 0.2) is 0 Å². The molecule has 1 amide bonds. The van der Waals surface area contributed by atoms with Crippen LogP contribution in [0.25, 0.3) is 11.3 Å². The molecule has 1 aromatic carbocycles. The second-order valence-corrected chi connectivity index (χ2v) is 7.30. The van der Waals surface area contributed by atoms with Crippen molar-refractivity contribution in [3.8, 4) is 11.3 Å². The number of carbonyl (C=O) groups excluding carboxylic acids is 1. The summed E-state index contributed by atoms with van der Waals surface area (Å²) in [6.07, 6.45) is 10.7. The van der Waals surface area contributed by atoms with Crippen LogP contribution in [0.1, 0.15) is 56.1 Å². The van der Waals surface area contributed by atoms with Crippen molar-refractivity contribution >= 4 is 5.91 Å². The summed E-state index contributed by atoms with van der Waals surface area (Å²) in [4.78, 5) is 12.4. The summed E-state index contributed by atoms with van der Waals surface area (Å²) in [5.41, 5.74) is 4.49. The van der Waals surface area contributed by atoms with E-state index < -0.39 is 0 Å². The minimum Gasteiger partial charge on any atom is -0.353 e. The number of hydrogen-bond donors (Lipinski definition) is 1. The van der Waals surface area contributed by atoms with Gasteiger partial charge < -0.3 is 5.32 Å². The minimum atomic E-state index is 0.172. The van der Waals surface area contributed by atoms with Crippen LogP contribution >= 0.6 is 0 Å². The van der Waals surface area contributed by atoms with Crippen LogP contribution < -0.4 is 5.32 Å². The highest BCUT2D eigenvalue weighted by atomic mass is 16.1. The predicted molar refractivity (Wildman–Crippen MR) is 101 cm³/mol. The fourth-order valence-electron chi connectivity index (χ4n) is 3.65. The molecule has 2 aromatic rings. The van der Waals surface area contributed by atoms with Crippen molar-refractivity contribution in [3.05, 3.63) is 41.6 Å². The fourth-order valence-corrected chi connectivity index (χ4v) is 3.65. The number of hydrogen-bond acceptors (Lipinski definition) is 2. The normalized spacial score (nSPS) is 15.8. The van der Waals surface area contributed by atoms with Crippen molar-refractivity contribution in [1.82, 2.24) is 15.1 Å². The van der Waals surface area contributed by atoms with Gasteiger partial charge in [0.25, 0.3) is 0 Å². The van der Waals surface area contributed by atoms with Gasteiger partial charge in [-0.05, 0) is 31.7 Å². The largest absolute Gasteiger partial charge is 0.353 e. The maximum absolute atomic E-state index is 12.4. The third-order valence-electron chi connectivity index (χ3n) is 5.07. The highest BCUT2D eigenvalue weighted by Gasteiger charge is 2.16. The Morgan fingerprint density at radius 2 is 1.84 bits per heavy atom. The Labute approximate surface area is 150 Å². The van der Waals surface area contributed by atoms with Crippen LogP contribution in [0.2, 0.25) is 0 Å². The van der Waals surface area contributed by atoms with Gasteiger partial charge in [0, 0.05) is 31.3 Å². The minimum absolute atomic E-state index is 0.172. The Hall–Kier alpha value is -2.10. The van der Waals surface area contributed by atoms with Crippen molar-refractivity contribution < 1.29 is 4.79 Å². The SMILES string of the molecule is Cc1ccc(-c2nn(C)cc2CCC(=O)NC2CCCCCC2)cc1. The van der Waals surface area contributed by atoms with E-state index in [2.05, 4.69) is 41.6 Å². The average molecular weight is 339 g/mol. The average Bonchev–Trinajstić information content (AvgIpc) is 2.79. The Morgan fingerprint density at radius 1 is 1.16 bits per heavy atom. The summed E-state index contributed by atoms with van der Waals surface area (Å²) in [5, 5.41) is 7.84. The number of carbonyl (C=O) groups is 1. The first-order chi connectivity index (χ1) is 12.1. The topological polar surface area (TPSA) is 46.9 Å². The van der Waals surface area contributed by atoms with Crippen molar-refractivity contribution in [1.29, 1.82) is 0 Å². The molecule has 1 heterocycles. The molecule has 4 heteroatoms. The van der Waals surface area contributed by atoms with E-state index in [4.69, 9.17) is 0 Å². The van der Waals surface area contributed by atoms with Gasteiger partial charge in [-0.2, -0.15) is 5.10 Å². The van der Waals surface area contributed by atoms with Crippen LogP contribution in [0, 0.1) is 6.92 Å². The predicted octanol–water partition coefficient (Wildman–Crippen LogP) is 4.17. The number of rotatable bonds is 5. The molecular formula is C21H29N3O. The van der Waals surface area contributed by atoms with Gasteiger partial charge in [-0.15, -0.1) is 0 Å². The molecule has 0 aliphatic heterocycles. The van der Waals surface area contributed by atoms with Crippen molar-refractivity contribution in [2.45, 2.75) is 64.3 Å². The zero-order valence-corrected chi connectivity index (χ0v) is 15.4. The van der Waals surface area contributed by atoms with E-state index in [9.17, 15) is 4.79 Å². The number of amides is 1. The molecule has 1 aromatic heterocycles. The van der Waals surface area contributed by atoms with Gasteiger partial charge in [-0.3, -0.25) is 9.48 Å². The first kappa shape index (κ1) is 17.7. The lowest BCUT2D eigenvalue weighted by Crippen LogP contribution is -2.34. The van der Waals surface area contributed by atoms with Gasteiger partial charge in [-0.1, -0.05) is 55.5 Å². The van der Waals surface area contributed by atoms with Crippen LogP contribution in [-0.2, 0) is 18.3 Å². The van der Waals surface area contributed by atoms with Crippen molar-refractivity contribution in [2.24, 2.45) is 7.05 Å². The number of benzene rings is 1. The molecule has 25 heavy (non-hydrogen) atoms. The number of aromatic nitrogens is 2. The highest BCUT2D eigenvalue weighted by Crippen LogP contribution is 2.23. The smallest absolute Gasteiger partial charge is 0.220 e. The summed E-state index contributed by atoms with van der Waals surface area (Å²) in [5.74, 6) is 0.172. The summed E-state index contributed by atoms with van der Waals surface area (Å²) < 4.78 is 1.84. The number of aryl methyl sites for hydroxylation is 3. The van der Waals surface area contributed by atoms with Crippen molar-refractivity contribution in [3.63, 3.8) is 0 Å². The summed E-state index contributed by atoms with van der Waals surface area (Å²) in [6.45, 7) is 2.08. The lowest BCUT2D eigenvalue weighted by Gasteiger charge is -2.16. The summed E-state index contributed by atoms with van der Waals surface area (Å²) >= 11 is 0. The van der Waals surface area contributed by atoms with Crippen LogP contribution in [-0.4, -0.2) is 21.7 Å². The molecule has 0 saturated heterocycles. The monoisotopic (exact) mass is 339 g/mol. The lowest BCUT2D eigenvalue weighted by atomic mass is 10.0. The maximum Gasteiger partial charge on any atom is 0.220 e. The molecule has 0 unspecified atom stereocenters. The molecule has 134 valence electrons. The molecule has 1 aliphatic rings. The van der Waals surface area contributed by atoms with Crippen molar-refractivity contribution in [2.75, 3.05) is 0 Å². The third-order valence-corrected chi connectivity index (χ3v) is 5.07. The van der Waals surface area contributed by atoms with Crippen LogP contribution in [0.5, 0.6) is 0 Å². The van der Waals surface area contributed by atoms with Crippen LogP contribution in [0.3, 0.4) is 0 Å². The fraction of sp³-hybridized carbons (Fsp3) is 0.524. The summed E-state index contributed by atoms with van der Waals surface area (Å²) in [7, 11) is 1.94. The molecular weight excluding hydrogens is 310 g/mol.